The van der Waals surface area contributed by atoms with E-state index >= 15 is 0 Å². The van der Waals surface area contributed by atoms with E-state index < -0.39 is 0 Å². The van der Waals surface area contributed by atoms with Crippen molar-refractivity contribution >= 4 is 16.7 Å². The van der Waals surface area contributed by atoms with E-state index in [9.17, 15) is 0 Å². The summed E-state index contributed by atoms with van der Waals surface area (Å²) in [5.41, 5.74) is 1.46. The lowest BCUT2D eigenvalue weighted by Crippen LogP contribution is -2.40. The molecule has 1 saturated heterocycles. The minimum Gasteiger partial charge on any atom is -0.377 e. The van der Waals surface area contributed by atoms with Crippen LogP contribution < -0.4 is 4.90 Å². The molecule has 3 rings (SSSR count). The van der Waals surface area contributed by atoms with Crippen LogP contribution >= 0.6 is 11.5 Å². The fourth-order valence-corrected chi connectivity index (χ4v) is 3.84. The van der Waals surface area contributed by atoms with Gasteiger partial charge in [-0.25, -0.2) is 4.98 Å². The number of hydrogen-bond donors (Lipinski definition) is 0. The van der Waals surface area contributed by atoms with Crippen molar-refractivity contribution in [1.82, 2.24) is 9.36 Å². The summed E-state index contributed by atoms with van der Waals surface area (Å²) in [5, 5.41) is 1.03. The Morgan fingerprint density at radius 1 is 1.33 bits per heavy atom. The first-order valence-corrected chi connectivity index (χ1v) is 8.18. The number of nitrogens with zero attached hydrogens (tertiary/aromatic N) is 3. The zero-order valence-corrected chi connectivity index (χ0v) is 13.3. The molecule has 2 heterocycles. The molecule has 0 aliphatic carbocycles. The summed E-state index contributed by atoms with van der Waals surface area (Å²) in [6, 6.07) is 11.3. The molecule has 4 nitrogen and oxygen atoms in total. The third kappa shape index (κ3) is 3.24. The number of rotatable bonds is 4. The number of benzene rings is 1. The van der Waals surface area contributed by atoms with Gasteiger partial charge in [0.15, 0.2) is 5.82 Å². The fourth-order valence-electron chi connectivity index (χ4n) is 3.03. The van der Waals surface area contributed by atoms with Crippen molar-refractivity contribution in [2.24, 2.45) is 0 Å². The highest BCUT2D eigenvalue weighted by Crippen LogP contribution is 2.34. The summed E-state index contributed by atoms with van der Waals surface area (Å²) in [7, 11) is 1.68. The third-order valence-electron chi connectivity index (χ3n) is 4.12. The summed E-state index contributed by atoms with van der Waals surface area (Å²) in [6.45, 7) is 3.82. The van der Waals surface area contributed by atoms with Crippen molar-refractivity contribution in [3.8, 4) is 0 Å². The molecule has 5 heteroatoms. The third-order valence-corrected chi connectivity index (χ3v) is 4.91. The van der Waals surface area contributed by atoms with E-state index in [-0.39, 0.29) is 0 Å². The van der Waals surface area contributed by atoms with Gasteiger partial charge in [0.05, 0.1) is 0 Å². The van der Waals surface area contributed by atoms with Crippen LogP contribution in [-0.2, 0) is 11.3 Å². The van der Waals surface area contributed by atoms with Gasteiger partial charge in [-0.1, -0.05) is 30.3 Å². The number of aromatic nitrogens is 2. The summed E-state index contributed by atoms with van der Waals surface area (Å²) in [6.07, 6.45) is 2.34. The van der Waals surface area contributed by atoms with Crippen molar-refractivity contribution in [2.45, 2.75) is 38.3 Å². The number of anilines is 1. The van der Waals surface area contributed by atoms with Crippen LogP contribution in [0.4, 0.5) is 5.13 Å². The smallest absolute Gasteiger partial charge is 0.205 e. The van der Waals surface area contributed by atoms with Crippen LogP contribution in [0.5, 0.6) is 0 Å². The lowest BCUT2D eigenvalue weighted by atomic mass is 9.86. The lowest BCUT2D eigenvalue weighted by Gasteiger charge is -2.37. The minimum absolute atomic E-state index is 0.491. The van der Waals surface area contributed by atoms with Crippen LogP contribution in [0.25, 0.3) is 0 Å². The first-order valence-electron chi connectivity index (χ1n) is 7.41. The van der Waals surface area contributed by atoms with Gasteiger partial charge in [-0.2, -0.15) is 4.37 Å². The number of methoxy groups -OCH3 is 1. The summed E-state index contributed by atoms with van der Waals surface area (Å²) in [4.78, 5) is 6.97. The summed E-state index contributed by atoms with van der Waals surface area (Å²) < 4.78 is 9.45. The lowest BCUT2D eigenvalue weighted by molar-refractivity contribution is 0.179. The van der Waals surface area contributed by atoms with Gasteiger partial charge in [-0.3, -0.25) is 0 Å². The predicted molar refractivity (Wildman–Crippen MR) is 85.8 cm³/mol. The van der Waals surface area contributed by atoms with Crippen molar-refractivity contribution < 1.29 is 4.74 Å². The molecule has 1 fully saturated rings. The molecule has 0 saturated carbocycles. The molecule has 0 unspecified atom stereocenters. The van der Waals surface area contributed by atoms with Gasteiger partial charge >= 0.3 is 0 Å². The molecule has 2 atom stereocenters. The SMILES string of the molecule is COCc1nsc(N2CC[C@H](c3ccccc3)C[C@H]2C)n1. The molecule has 1 aromatic carbocycles. The number of hydrogen-bond acceptors (Lipinski definition) is 5. The van der Waals surface area contributed by atoms with Gasteiger partial charge < -0.3 is 9.64 Å². The van der Waals surface area contributed by atoms with Crippen LogP contribution in [0.2, 0.25) is 0 Å². The van der Waals surface area contributed by atoms with Gasteiger partial charge in [0.25, 0.3) is 0 Å². The zero-order chi connectivity index (χ0) is 14.7. The van der Waals surface area contributed by atoms with Crippen LogP contribution in [-0.4, -0.2) is 29.1 Å². The first kappa shape index (κ1) is 14.5. The minimum atomic E-state index is 0.491. The average molecular weight is 303 g/mol. The monoisotopic (exact) mass is 303 g/mol. The second-order valence-electron chi connectivity index (χ2n) is 5.60. The summed E-state index contributed by atoms with van der Waals surface area (Å²) in [5.74, 6) is 1.44. The van der Waals surface area contributed by atoms with Crippen LogP contribution in [0.1, 0.15) is 37.1 Å². The van der Waals surface area contributed by atoms with E-state index in [0.717, 1.165) is 17.5 Å². The highest BCUT2D eigenvalue weighted by atomic mass is 32.1. The Kier molecular flexibility index (Phi) is 4.51. The number of ether oxygens (including phenoxy) is 1. The van der Waals surface area contributed by atoms with E-state index in [1.54, 1.807) is 7.11 Å². The Balaban J connectivity index is 1.68. The van der Waals surface area contributed by atoms with Crippen molar-refractivity contribution in [1.29, 1.82) is 0 Å². The highest BCUT2D eigenvalue weighted by molar-refractivity contribution is 7.09. The van der Waals surface area contributed by atoms with Gasteiger partial charge in [0, 0.05) is 31.2 Å². The van der Waals surface area contributed by atoms with E-state index in [2.05, 4.69) is 51.5 Å². The molecule has 0 N–H and O–H groups in total. The highest BCUT2D eigenvalue weighted by Gasteiger charge is 2.28. The predicted octanol–water partition coefficient (Wildman–Crippen LogP) is 3.46. The van der Waals surface area contributed by atoms with Gasteiger partial charge in [0.2, 0.25) is 5.13 Å². The molecule has 0 radical (unpaired) electrons. The Labute approximate surface area is 129 Å². The summed E-state index contributed by atoms with van der Waals surface area (Å²) >= 11 is 1.48. The molecule has 2 aromatic rings. The molecule has 0 bridgehead atoms. The fraction of sp³-hybridized carbons (Fsp3) is 0.500. The maximum Gasteiger partial charge on any atom is 0.205 e. The van der Waals surface area contributed by atoms with Gasteiger partial charge in [-0.05, 0) is 31.2 Å². The van der Waals surface area contributed by atoms with Crippen molar-refractivity contribution in [3.63, 3.8) is 0 Å². The van der Waals surface area contributed by atoms with Gasteiger partial charge in [-0.15, -0.1) is 0 Å². The standard InChI is InChI=1S/C16H21N3OS/c1-12-10-14(13-6-4-3-5-7-13)8-9-19(12)16-17-15(11-20-2)18-21-16/h3-7,12,14H,8-11H2,1-2H3/t12-,14+/m1/s1. The van der Waals surface area contributed by atoms with E-state index in [1.807, 2.05) is 0 Å². The Morgan fingerprint density at radius 3 is 2.86 bits per heavy atom. The molecular formula is C16H21N3OS. The zero-order valence-electron chi connectivity index (χ0n) is 12.5. The van der Waals surface area contributed by atoms with E-state index in [4.69, 9.17) is 4.74 Å². The maximum atomic E-state index is 5.09. The Bertz CT molecular complexity index is 572. The Morgan fingerprint density at radius 2 is 2.14 bits per heavy atom. The van der Waals surface area contributed by atoms with Crippen LogP contribution in [0.3, 0.4) is 0 Å². The average Bonchev–Trinajstić information content (AvgIpc) is 2.97. The van der Waals surface area contributed by atoms with Crippen molar-refractivity contribution in [2.75, 3.05) is 18.6 Å². The molecule has 21 heavy (non-hydrogen) atoms. The molecule has 1 aliphatic heterocycles. The molecule has 112 valence electrons. The largest absolute Gasteiger partial charge is 0.377 e. The molecule has 0 amide bonds. The maximum absolute atomic E-state index is 5.09. The normalized spacial score (nSPS) is 22.5. The Hall–Kier alpha value is -1.46. The second-order valence-corrected chi connectivity index (χ2v) is 6.33. The van der Waals surface area contributed by atoms with Crippen LogP contribution in [0.15, 0.2) is 30.3 Å². The van der Waals surface area contributed by atoms with Crippen LogP contribution in [0, 0.1) is 0 Å². The van der Waals surface area contributed by atoms with Gasteiger partial charge in [0.1, 0.15) is 6.61 Å². The van der Waals surface area contributed by atoms with E-state index in [1.165, 1.54) is 29.9 Å². The number of piperidine rings is 1. The molecule has 1 aliphatic rings. The quantitative estimate of drug-likeness (QED) is 0.867. The molecule has 1 aromatic heterocycles. The second kappa shape index (κ2) is 6.54. The van der Waals surface area contributed by atoms with Crippen molar-refractivity contribution in [3.05, 3.63) is 41.7 Å². The molecular weight excluding hydrogens is 282 g/mol. The topological polar surface area (TPSA) is 38.2 Å². The van der Waals surface area contributed by atoms with E-state index in [0.29, 0.717) is 18.6 Å². The first-order chi connectivity index (χ1) is 10.3. The molecule has 0 spiro atoms.